The molecule has 2 aromatic heterocycles. The summed E-state index contributed by atoms with van der Waals surface area (Å²) in [5.74, 6) is 0.0949. The summed E-state index contributed by atoms with van der Waals surface area (Å²) >= 11 is 8.35. The van der Waals surface area contributed by atoms with Crippen molar-refractivity contribution in [2.45, 2.75) is 11.9 Å². The van der Waals surface area contributed by atoms with Crippen LogP contribution < -0.4 is 5.32 Å². The maximum absolute atomic E-state index is 12.5. The fraction of sp³-hybridized carbons (Fsp3) is 0.100. The first-order valence-electron chi connectivity index (χ1n) is 8.65. The summed E-state index contributed by atoms with van der Waals surface area (Å²) in [6, 6.07) is 13.7. The van der Waals surface area contributed by atoms with Gasteiger partial charge < -0.3 is 5.32 Å². The van der Waals surface area contributed by atoms with Crippen LogP contribution in [0, 0.1) is 6.92 Å². The summed E-state index contributed by atoms with van der Waals surface area (Å²) in [4.78, 5) is 21.2. The lowest BCUT2D eigenvalue weighted by Crippen LogP contribution is -2.15. The Morgan fingerprint density at radius 3 is 2.59 bits per heavy atom. The summed E-state index contributed by atoms with van der Waals surface area (Å²) in [6.45, 7) is 1.99. The van der Waals surface area contributed by atoms with E-state index in [1.165, 1.54) is 18.1 Å². The first-order chi connectivity index (χ1) is 14.0. The fourth-order valence-corrected chi connectivity index (χ4v) is 5.20. The molecular weight excluding hydrogens is 518 g/mol. The number of nitrogens with zero attached hydrogens (tertiary/aromatic N) is 4. The van der Waals surface area contributed by atoms with E-state index < -0.39 is 0 Å². The van der Waals surface area contributed by atoms with Crippen molar-refractivity contribution in [3.05, 3.63) is 69.5 Å². The number of aryl methyl sites for hydroxylation is 1. The first-order valence-corrected chi connectivity index (χ1v) is 11.2. The lowest BCUT2D eigenvalue weighted by molar-refractivity contribution is -0.113. The predicted octanol–water partition coefficient (Wildman–Crippen LogP) is 5.38. The molecule has 0 atom stereocenters. The zero-order valence-corrected chi connectivity index (χ0v) is 19.3. The maximum Gasteiger partial charge on any atom is 0.234 e. The molecule has 1 N–H and O–H groups in total. The molecule has 6 nitrogen and oxygen atoms in total. The quantitative estimate of drug-likeness (QED) is 0.276. The van der Waals surface area contributed by atoms with Gasteiger partial charge >= 0.3 is 0 Å². The number of anilines is 1. The second-order valence-electron chi connectivity index (χ2n) is 6.25. The van der Waals surface area contributed by atoms with Crippen LogP contribution in [0.2, 0.25) is 0 Å². The van der Waals surface area contributed by atoms with Crippen molar-refractivity contribution in [1.82, 2.24) is 19.7 Å². The molecule has 0 bridgehead atoms. The topological polar surface area (TPSA) is 72.7 Å². The molecular formula is C20H15Br2N5OS. The van der Waals surface area contributed by atoms with Gasteiger partial charge in [0, 0.05) is 8.95 Å². The molecule has 0 aliphatic heterocycles. The monoisotopic (exact) mass is 531 g/mol. The van der Waals surface area contributed by atoms with E-state index in [-0.39, 0.29) is 11.7 Å². The maximum atomic E-state index is 12.5. The van der Waals surface area contributed by atoms with Crippen molar-refractivity contribution in [1.29, 1.82) is 0 Å². The summed E-state index contributed by atoms with van der Waals surface area (Å²) in [5.41, 5.74) is 3.43. The molecule has 1 amide bonds. The smallest absolute Gasteiger partial charge is 0.234 e. The van der Waals surface area contributed by atoms with Gasteiger partial charge in [0.1, 0.15) is 11.4 Å². The van der Waals surface area contributed by atoms with Gasteiger partial charge in [-0.15, -0.1) is 0 Å². The zero-order chi connectivity index (χ0) is 20.4. The highest BCUT2D eigenvalue weighted by Crippen LogP contribution is 2.33. The fourth-order valence-electron chi connectivity index (χ4n) is 2.82. The number of benzene rings is 2. The third-order valence-electron chi connectivity index (χ3n) is 4.12. The Bertz CT molecular complexity index is 1170. The number of carbonyl (C=O) groups excluding carboxylic acids is 1. The molecule has 4 aromatic rings. The van der Waals surface area contributed by atoms with E-state index in [0.29, 0.717) is 11.3 Å². The largest absolute Gasteiger partial charge is 0.323 e. The van der Waals surface area contributed by atoms with E-state index in [9.17, 15) is 4.79 Å². The number of aromatic nitrogens is 4. The molecule has 146 valence electrons. The molecule has 4 rings (SSSR count). The van der Waals surface area contributed by atoms with Crippen LogP contribution in [-0.2, 0) is 4.79 Å². The minimum Gasteiger partial charge on any atom is -0.323 e. The van der Waals surface area contributed by atoms with Gasteiger partial charge in [0.25, 0.3) is 0 Å². The highest BCUT2D eigenvalue weighted by Gasteiger charge is 2.14. The summed E-state index contributed by atoms with van der Waals surface area (Å²) in [6.07, 6.45) is 3.23. The summed E-state index contributed by atoms with van der Waals surface area (Å²) in [7, 11) is 0. The Labute approximate surface area is 188 Å². The van der Waals surface area contributed by atoms with Crippen LogP contribution in [0.3, 0.4) is 0 Å². The van der Waals surface area contributed by atoms with Crippen LogP contribution in [-0.4, -0.2) is 31.4 Å². The van der Waals surface area contributed by atoms with Crippen molar-refractivity contribution in [3.8, 4) is 5.69 Å². The van der Waals surface area contributed by atoms with Crippen LogP contribution in [0.25, 0.3) is 16.7 Å². The number of amides is 1. The summed E-state index contributed by atoms with van der Waals surface area (Å²) < 4.78 is 3.43. The molecule has 2 aromatic carbocycles. The number of halogens is 2. The molecule has 0 aliphatic rings. The molecule has 29 heavy (non-hydrogen) atoms. The van der Waals surface area contributed by atoms with Crippen molar-refractivity contribution >= 4 is 66.2 Å². The Hall–Kier alpha value is -2.23. The second-order valence-corrected chi connectivity index (χ2v) is 8.92. The van der Waals surface area contributed by atoms with E-state index >= 15 is 0 Å². The molecule has 0 unspecified atom stereocenters. The van der Waals surface area contributed by atoms with E-state index in [2.05, 4.69) is 52.2 Å². The van der Waals surface area contributed by atoms with E-state index in [4.69, 9.17) is 0 Å². The normalized spacial score (nSPS) is 11.0. The lowest BCUT2D eigenvalue weighted by Gasteiger charge is -2.10. The minimum atomic E-state index is -0.123. The van der Waals surface area contributed by atoms with Crippen molar-refractivity contribution < 1.29 is 4.79 Å². The number of fused-ring (bicyclic) bond motifs is 1. The Balaban J connectivity index is 1.52. The molecule has 0 saturated carbocycles. The summed E-state index contributed by atoms with van der Waals surface area (Å²) in [5, 5.41) is 8.91. The van der Waals surface area contributed by atoms with E-state index in [1.54, 1.807) is 10.9 Å². The Morgan fingerprint density at radius 1 is 1.14 bits per heavy atom. The third-order valence-corrected chi connectivity index (χ3v) is 6.38. The highest BCUT2D eigenvalue weighted by atomic mass is 79.9. The number of rotatable bonds is 5. The average Bonchev–Trinajstić information content (AvgIpc) is 3.14. The van der Waals surface area contributed by atoms with Gasteiger partial charge in [-0.05, 0) is 68.6 Å². The molecule has 0 spiro atoms. The molecule has 2 heterocycles. The van der Waals surface area contributed by atoms with Gasteiger partial charge in [-0.25, -0.2) is 14.6 Å². The van der Waals surface area contributed by atoms with Crippen LogP contribution in [0.4, 0.5) is 5.69 Å². The number of carbonyl (C=O) groups is 1. The number of hydrogen-bond acceptors (Lipinski definition) is 5. The van der Waals surface area contributed by atoms with Crippen molar-refractivity contribution in [2.75, 3.05) is 11.1 Å². The predicted molar refractivity (Wildman–Crippen MR) is 123 cm³/mol. The van der Waals surface area contributed by atoms with Crippen LogP contribution in [0.1, 0.15) is 5.56 Å². The van der Waals surface area contributed by atoms with Gasteiger partial charge in [0.15, 0.2) is 5.65 Å². The SMILES string of the molecule is Cc1cc(Br)c(NC(=O)CSc2ncnc3c2cnn3-c2ccccc2)c(Br)c1. The number of hydrogen-bond donors (Lipinski definition) is 1. The lowest BCUT2D eigenvalue weighted by atomic mass is 10.2. The standard InChI is InChI=1S/C20H15Br2N5OS/c1-12-7-15(21)18(16(22)8-12)26-17(28)10-29-20-14-9-25-27(19(14)23-11-24-20)13-5-3-2-4-6-13/h2-9,11H,10H2,1H3,(H,26,28). The van der Waals surface area contributed by atoms with Crippen LogP contribution >= 0.6 is 43.6 Å². The number of thioether (sulfide) groups is 1. The van der Waals surface area contributed by atoms with Gasteiger partial charge in [0.05, 0.1) is 28.7 Å². The van der Waals surface area contributed by atoms with Gasteiger partial charge in [-0.2, -0.15) is 5.10 Å². The molecule has 0 fully saturated rings. The van der Waals surface area contributed by atoms with Gasteiger partial charge in [0.2, 0.25) is 5.91 Å². The van der Waals surface area contributed by atoms with Crippen molar-refractivity contribution in [3.63, 3.8) is 0 Å². The third kappa shape index (κ3) is 4.36. The van der Waals surface area contributed by atoms with Gasteiger partial charge in [-0.3, -0.25) is 4.79 Å². The Kier molecular flexibility index (Phi) is 5.98. The number of nitrogens with one attached hydrogen (secondary N) is 1. The second kappa shape index (κ2) is 8.64. The first kappa shape index (κ1) is 20.1. The molecule has 9 heteroatoms. The van der Waals surface area contributed by atoms with Crippen LogP contribution in [0.15, 0.2) is 69.0 Å². The van der Waals surface area contributed by atoms with Crippen molar-refractivity contribution in [2.24, 2.45) is 0 Å². The minimum absolute atomic E-state index is 0.123. The Morgan fingerprint density at radius 2 is 1.86 bits per heavy atom. The molecule has 0 radical (unpaired) electrons. The number of para-hydroxylation sites is 1. The van der Waals surface area contributed by atoms with Crippen LogP contribution in [0.5, 0.6) is 0 Å². The van der Waals surface area contributed by atoms with E-state index in [0.717, 1.165) is 30.6 Å². The van der Waals surface area contributed by atoms with E-state index in [1.807, 2.05) is 49.4 Å². The zero-order valence-electron chi connectivity index (χ0n) is 15.3. The van der Waals surface area contributed by atoms with Gasteiger partial charge in [-0.1, -0.05) is 30.0 Å². The average molecular weight is 533 g/mol. The highest BCUT2D eigenvalue weighted by molar-refractivity contribution is 9.11. The molecule has 0 saturated heterocycles. The molecule has 0 aliphatic carbocycles.